The van der Waals surface area contributed by atoms with E-state index in [0.29, 0.717) is 12.4 Å². The molecule has 1 amide bonds. The molecule has 5 nitrogen and oxygen atoms in total. The number of amides is 1. The van der Waals surface area contributed by atoms with Crippen molar-refractivity contribution in [1.82, 2.24) is 5.32 Å². The number of hydrogen-bond acceptors (Lipinski definition) is 4. The van der Waals surface area contributed by atoms with Gasteiger partial charge in [0.15, 0.2) is 6.61 Å². The van der Waals surface area contributed by atoms with Crippen molar-refractivity contribution in [3.05, 3.63) is 84.3 Å². The Morgan fingerprint density at radius 2 is 1.68 bits per heavy atom. The van der Waals surface area contributed by atoms with Crippen LogP contribution in [0.25, 0.3) is 0 Å². The van der Waals surface area contributed by atoms with E-state index >= 15 is 0 Å². The van der Waals surface area contributed by atoms with Crippen LogP contribution < -0.4 is 14.8 Å². The molecule has 1 heterocycles. The van der Waals surface area contributed by atoms with E-state index in [2.05, 4.69) is 5.32 Å². The Morgan fingerprint density at radius 1 is 0.964 bits per heavy atom. The molecule has 0 saturated carbocycles. The number of ether oxygens (including phenoxy) is 2. The number of nitrogens with one attached hydrogen (secondary N) is 1. The maximum Gasteiger partial charge on any atom is 0.258 e. The van der Waals surface area contributed by atoms with Gasteiger partial charge in [-0.25, -0.2) is 0 Å². The van der Waals surface area contributed by atoms with E-state index in [-0.39, 0.29) is 18.6 Å². The minimum absolute atomic E-state index is 0.0185. The quantitative estimate of drug-likeness (QED) is 0.568. The predicted octanol–water partition coefficient (Wildman–Crippen LogP) is 4.37. The van der Waals surface area contributed by atoms with Crippen molar-refractivity contribution in [1.29, 1.82) is 0 Å². The molecule has 0 unspecified atom stereocenters. The van der Waals surface area contributed by atoms with Crippen LogP contribution in [-0.2, 0) is 17.8 Å². The van der Waals surface area contributed by atoms with E-state index in [1.54, 1.807) is 18.4 Å². The van der Waals surface area contributed by atoms with Gasteiger partial charge in [0.2, 0.25) is 0 Å². The van der Waals surface area contributed by atoms with E-state index in [0.717, 1.165) is 29.9 Å². The molecule has 3 rings (SSSR count). The number of aryl methyl sites for hydroxylation is 1. The Morgan fingerprint density at radius 3 is 2.36 bits per heavy atom. The van der Waals surface area contributed by atoms with Gasteiger partial charge in [-0.2, -0.15) is 0 Å². The highest BCUT2D eigenvalue weighted by atomic mass is 16.5. The van der Waals surface area contributed by atoms with Gasteiger partial charge < -0.3 is 19.2 Å². The maximum absolute atomic E-state index is 12.0. The Balaban J connectivity index is 1.36. The van der Waals surface area contributed by atoms with Crippen LogP contribution >= 0.6 is 0 Å². The largest absolute Gasteiger partial charge is 0.489 e. The molecule has 0 fully saturated rings. The highest BCUT2D eigenvalue weighted by Gasteiger charge is 2.09. The SMILES string of the molecule is C[C@H](CCc1ccco1)NC(=O)COc1ccc(OCc2ccccc2)cc1. The highest BCUT2D eigenvalue weighted by Crippen LogP contribution is 2.18. The standard InChI is InChI=1S/C23H25NO4/c1-18(9-10-20-8-5-15-26-20)24-23(25)17-28-22-13-11-21(12-14-22)27-16-19-6-3-2-4-7-19/h2-8,11-15,18H,9-10,16-17H2,1H3,(H,24,25)/t18-/m1/s1. The van der Waals surface area contributed by atoms with Gasteiger partial charge in [-0.3, -0.25) is 4.79 Å². The van der Waals surface area contributed by atoms with Gasteiger partial charge in [-0.1, -0.05) is 30.3 Å². The summed E-state index contributed by atoms with van der Waals surface area (Å²) >= 11 is 0. The van der Waals surface area contributed by atoms with Crippen molar-refractivity contribution in [2.24, 2.45) is 0 Å². The smallest absolute Gasteiger partial charge is 0.258 e. The summed E-state index contributed by atoms with van der Waals surface area (Å²) in [6, 6.07) is 21.1. The first-order valence-electron chi connectivity index (χ1n) is 9.40. The number of rotatable bonds is 10. The second kappa shape index (κ2) is 10.2. The van der Waals surface area contributed by atoms with Crippen LogP contribution in [0.1, 0.15) is 24.7 Å². The number of hydrogen-bond donors (Lipinski definition) is 1. The first-order valence-corrected chi connectivity index (χ1v) is 9.40. The first-order chi connectivity index (χ1) is 13.7. The molecule has 0 aliphatic heterocycles. The van der Waals surface area contributed by atoms with Gasteiger partial charge in [0.25, 0.3) is 5.91 Å². The molecule has 0 aliphatic carbocycles. The van der Waals surface area contributed by atoms with Crippen molar-refractivity contribution in [3.63, 3.8) is 0 Å². The zero-order valence-electron chi connectivity index (χ0n) is 16.0. The van der Waals surface area contributed by atoms with Crippen LogP contribution in [0, 0.1) is 0 Å². The van der Waals surface area contributed by atoms with E-state index in [4.69, 9.17) is 13.9 Å². The molecule has 0 spiro atoms. The van der Waals surface area contributed by atoms with E-state index in [1.165, 1.54) is 0 Å². The molecule has 3 aromatic rings. The zero-order chi connectivity index (χ0) is 19.6. The number of carbonyl (C=O) groups excluding carboxylic acids is 1. The third-order valence-electron chi connectivity index (χ3n) is 4.25. The Labute approximate surface area is 165 Å². The molecule has 1 aromatic heterocycles. The third-order valence-corrected chi connectivity index (χ3v) is 4.25. The molecule has 28 heavy (non-hydrogen) atoms. The lowest BCUT2D eigenvalue weighted by molar-refractivity contribution is -0.123. The summed E-state index contributed by atoms with van der Waals surface area (Å²) in [5, 5.41) is 2.93. The van der Waals surface area contributed by atoms with Gasteiger partial charge in [0.1, 0.15) is 23.9 Å². The summed E-state index contributed by atoms with van der Waals surface area (Å²) in [4.78, 5) is 12.0. The first kappa shape index (κ1) is 19.5. The van der Waals surface area contributed by atoms with Crippen molar-refractivity contribution in [3.8, 4) is 11.5 Å². The molecule has 1 N–H and O–H groups in total. The second-order valence-electron chi connectivity index (χ2n) is 6.62. The Bertz CT molecular complexity index is 829. The van der Waals surface area contributed by atoms with Crippen LogP contribution in [0.3, 0.4) is 0 Å². The third kappa shape index (κ3) is 6.50. The van der Waals surface area contributed by atoms with Crippen LogP contribution in [0.4, 0.5) is 0 Å². The molecule has 0 bridgehead atoms. The lowest BCUT2D eigenvalue weighted by atomic mass is 10.1. The predicted molar refractivity (Wildman–Crippen MR) is 107 cm³/mol. The summed E-state index contributed by atoms with van der Waals surface area (Å²) in [5.41, 5.74) is 1.11. The molecule has 0 aliphatic rings. The minimum atomic E-state index is -0.142. The molecule has 1 atom stereocenters. The fourth-order valence-corrected chi connectivity index (χ4v) is 2.72. The van der Waals surface area contributed by atoms with Crippen LogP contribution in [-0.4, -0.2) is 18.6 Å². The van der Waals surface area contributed by atoms with Gasteiger partial charge >= 0.3 is 0 Å². The Kier molecular flexibility index (Phi) is 7.13. The number of carbonyl (C=O) groups is 1. The summed E-state index contributed by atoms with van der Waals surface area (Å²) in [6.07, 6.45) is 3.26. The molecule has 0 radical (unpaired) electrons. The van der Waals surface area contributed by atoms with E-state index in [9.17, 15) is 4.79 Å². The number of benzene rings is 2. The van der Waals surface area contributed by atoms with Crippen molar-refractivity contribution >= 4 is 5.91 Å². The van der Waals surface area contributed by atoms with Crippen molar-refractivity contribution in [2.45, 2.75) is 32.4 Å². The lowest BCUT2D eigenvalue weighted by Crippen LogP contribution is -2.36. The van der Waals surface area contributed by atoms with Gasteiger partial charge in [-0.15, -0.1) is 0 Å². The van der Waals surface area contributed by atoms with Gasteiger partial charge in [-0.05, 0) is 55.3 Å². The van der Waals surface area contributed by atoms with Gasteiger partial charge in [0.05, 0.1) is 6.26 Å². The van der Waals surface area contributed by atoms with Gasteiger partial charge in [0, 0.05) is 12.5 Å². The number of furan rings is 1. The average molecular weight is 379 g/mol. The van der Waals surface area contributed by atoms with Crippen LogP contribution in [0.15, 0.2) is 77.4 Å². The molecule has 2 aromatic carbocycles. The summed E-state index contributed by atoms with van der Waals surface area (Å²) < 4.78 is 16.6. The summed E-state index contributed by atoms with van der Waals surface area (Å²) in [5.74, 6) is 2.17. The fourth-order valence-electron chi connectivity index (χ4n) is 2.72. The molecule has 146 valence electrons. The Hall–Kier alpha value is -3.21. The molecule has 0 saturated heterocycles. The highest BCUT2D eigenvalue weighted by molar-refractivity contribution is 5.77. The molecular formula is C23H25NO4. The van der Waals surface area contributed by atoms with E-state index in [1.807, 2.05) is 61.5 Å². The van der Waals surface area contributed by atoms with Crippen LogP contribution in [0.2, 0.25) is 0 Å². The summed E-state index contributed by atoms with van der Waals surface area (Å²) in [6.45, 7) is 2.47. The normalized spacial score (nSPS) is 11.6. The molecule has 5 heteroatoms. The van der Waals surface area contributed by atoms with E-state index < -0.39 is 0 Å². The average Bonchev–Trinajstić information content (AvgIpc) is 3.24. The topological polar surface area (TPSA) is 60.7 Å². The lowest BCUT2D eigenvalue weighted by Gasteiger charge is -2.14. The summed E-state index contributed by atoms with van der Waals surface area (Å²) in [7, 11) is 0. The molecular weight excluding hydrogens is 354 g/mol. The zero-order valence-corrected chi connectivity index (χ0v) is 16.0. The monoisotopic (exact) mass is 379 g/mol. The van der Waals surface area contributed by atoms with Crippen molar-refractivity contribution in [2.75, 3.05) is 6.61 Å². The maximum atomic E-state index is 12.0. The fraction of sp³-hybridized carbons (Fsp3) is 0.261. The second-order valence-corrected chi connectivity index (χ2v) is 6.62. The minimum Gasteiger partial charge on any atom is -0.489 e. The van der Waals surface area contributed by atoms with Crippen LogP contribution in [0.5, 0.6) is 11.5 Å². The van der Waals surface area contributed by atoms with Crippen molar-refractivity contribution < 1.29 is 18.7 Å².